The van der Waals surface area contributed by atoms with Crippen molar-refractivity contribution < 1.29 is 14.3 Å². The molecule has 25 heavy (non-hydrogen) atoms. The first-order valence-corrected chi connectivity index (χ1v) is 8.16. The number of carbonyl (C=O) groups excluding carboxylic acids is 1. The third-order valence-corrected chi connectivity index (χ3v) is 3.98. The van der Waals surface area contributed by atoms with E-state index in [1.165, 1.54) is 14.2 Å². The molecule has 0 radical (unpaired) electrons. The molecule has 8 heteroatoms. The van der Waals surface area contributed by atoms with Gasteiger partial charge in [-0.1, -0.05) is 12.1 Å². The number of aromatic nitrogens is 3. The third kappa shape index (κ3) is 3.96. The van der Waals surface area contributed by atoms with Crippen LogP contribution >= 0.6 is 0 Å². The zero-order chi connectivity index (χ0) is 17.6. The summed E-state index contributed by atoms with van der Waals surface area (Å²) < 4.78 is 10.4. The highest BCUT2D eigenvalue weighted by Gasteiger charge is 2.18. The Balaban J connectivity index is 1.73. The van der Waals surface area contributed by atoms with Crippen LogP contribution in [-0.2, 0) is 6.54 Å². The first-order chi connectivity index (χ1) is 12.2. The first kappa shape index (κ1) is 16.9. The van der Waals surface area contributed by atoms with Crippen LogP contribution in [0.3, 0.4) is 0 Å². The summed E-state index contributed by atoms with van der Waals surface area (Å²) in [5.41, 5.74) is 0.464. The van der Waals surface area contributed by atoms with Gasteiger partial charge < -0.3 is 19.7 Å². The Morgan fingerprint density at radius 2 is 1.88 bits per heavy atom. The van der Waals surface area contributed by atoms with Crippen LogP contribution in [0, 0.1) is 0 Å². The molecule has 1 saturated heterocycles. The minimum atomic E-state index is -0.250. The van der Waals surface area contributed by atoms with E-state index >= 15 is 0 Å². The third-order valence-electron chi connectivity index (χ3n) is 3.98. The number of methoxy groups -OCH3 is 2. The van der Waals surface area contributed by atoms with Crippen molar-refractivity contribution in [3.05, 3.63) is 35.7 Å². The summed E-state index contributed by atoms with van der Waals surface area (Å²) in [5, 5.41) is 2.81. The molecule has 1 fully saturated rings. The zero-order valence-corrected chi connectivity index (χ0v) is 14.4. The van der Waals surface area contributed by atoms with E-state index in [1.807, 2.05) is 6.07 Å². The van der Waals surface area contributed by atoms with Gasteiger partial charge in [-0.25, -0.2) is 0 Å². The lowest BCUT2D eigenvalue weighted by atomic mass is 10.2. The molecule has 3 rings (SSSR count). The molecule has 0 aliphatic carbocycles. The number of nitrogens with one attached hydrogen (secondary N) is 1. The Kier molecular flexibility index (Phi) is 5.27. The lowest BCUT2D eigenvalue weighted by Crippen LogP contribution is -2.26. The second kappa shape index (κ2) is 7.78. The average Bonchev–Trinajstić information content (AvgIpc) is 3.20. The molecule has 0 saturated carbocycles. The number of anilines is 1. The van der Waals surface area contributed by atoms with Crippen molar-refractivity contribution in [2.24, 2.45) is 0 Å². The molecule has 8 nitrogen and oxygen atoms in total. The van der Waals surface area contributed by atoms with Gasteiger partial charge >= 0.3 is 6.01 Å². The molecular weight excluding hydrogens is 322 g/mol. The van der Waals surface area contributed by atoms with Crippen LogP contribution in [0.1, 0.15) is 29.0 Å². The van der Waals surface area contributed by atoms with Crippen LogP contribution < -0.4 is 19.7 Å². The fourth-order valence-electron chi connectivity index (χ4n) is 2.70. The van der Waals surface area contributed by atoms with Crippen molar-refractivity contribution in [2.45, 2.75) is 19.4 Å². The number of benzene rings is 1. The predicted molar refractivity (Wildman–Crippen MR) is 92.0 cm³/mol. The molecule has 1 N–H and O–H groups in total. The highest BCUT2D eigenvalue weighted by molar-refractivity contribution is 5.96. The number of rotatable bonds is 6. The maximum absolute atomic E-state index is 12.4. The van der Waals surface area contributed by atoms with E-state index in [4.69, 9.17) is 9.47 Å². The molecule has 1 aromatic carbocycles. The van der Waals surface area contributed by atoms with Crippen molar-refractivity contribution in [1.82, 2.24) is 20.3 Å². The number of ether oxygens (including phenoxy) is 2. The van der Waals surface area contributed by atoms with Gasteiger partial charge in [0.2, 0.25) is 5.95 Å². The fraction of sp³-hybridized carbons (Fsp3) is 0.412. The van der Waals surface area contributed by atoms with E-state index in [-0.39, 0.29) is 18.5 Å². The lowest BCUT2D eigenvalue weighted by Gasteiger charge is -2.16. The van der Waals surface area contributed by atoms with Crippen molar-refractivity contribution in [3.8, 4) is 11.8 Å². The molecule has 0 bridgehead atoms. The molecule has 2 heterocycles. The minimum Gasteiger partial charge on any atom is -0.496 e. The summed E-state index contributed by atoms with van der Waals surface area (Å²) in [7, 11) is 3.05. The van der Waals surface area contributed by atoms with E-state index in [9.17, 15) is 4.79 Å². The molecule has 0 atom stereocenters. The summed E-state index contributed by atoms with van der Waals surface area (Å²) in [5.74, 6) is 1.31. The van der Waals surface area contributed by atoms with E-state index in [1.54, 1.807) is 18.2 Å². The SMILES string of the molecule is COc1nc(CNC(=O)c2ccccc2OC)nc(N2CCCC2)n1. The number of hydrogen-bond acceptors (Lipinski definition) is 7. The molecule has 1 aliphatic heterocycles. The minimum absolute atomic E-state index is 0.177. The largest absolute Gasteiger partial charge is 0.496 e. The topological polar surface area (TPSA) is 89.5 Å². The van der Waals surface area contributed by atoms with E-state index < -0.39 is 0 Å². The van der Waals surface area contributed by atoms with Gasteiger partial charge in [-0.2, -0.15) is 15.0 Å². The van der Waals surface area contributed by atoms with Gasteiger partial charge in [0, 0.05) is 13.1 Å². The van der Waals surface area contributed by atoms with Gasteiger partial charge in [0.1, 0.15) is 5.75 Å². The molecule has 1 amide bonds. The molecule has 2 aromatic rings. The number of amides is 1. The highest BCUT2D eigenvalue weighted by atomic mass is 16.5. The van der Waals surface area contributed by atoms with Gasteiger partial charge in [-0.15, -0.1) is 0 Å². The standard InChI is InChI=1S/C17H21N5O3/c1-24-13-8-4-3-7-12(13)15(23)18-11-14-19-16(21-17(20-14)25-2)22-9-5-6-10-22/h3-4,7-8H,5-6,9-11H2,1-2H3,(H,18,23). The molecule has 0 spiro atoms. The summed E-state index contributed by atoms with van der Waals surface area (Å²) in [6.45, 7) is 2.01. The molecule has 132 valence electrons. The van der Waals surface area contributed by atoms with Gasteiger partial charge in [-0.05, 0) is 25.0 Å². The van der Waals surface area contributed by atoms with Crippen LogP contribution in [0.25, 0.3) is 0 Å². The predicted octanol–water partition coefficient (Wildman–Crippen LogP) is 1.42. The number of hydrogen-bond donors (Lipinski definition) is 1. The smallest absolute Gasteiger partial charge is 0.321 e. The van der Waals surface area contributed by atoms with Gasteiger partial charge in [0.05, 0.1) is 26.3 Å². The Bertz CT molecular complexity index is 747. The monoisotopic (exact) mass is 343 g/mol. The van der Waals surface area contributed by atoms with Crippen LogP contribution in [0.4, 0.5) is 5.95 Å². The number of para-hydroxylation sites is 1. The van der Waals surface area contributed by atoms with Gasteiger partial charge in [0.25, 0.3) is 5.91 Å². The van der Waals surface area contributed by atoms with Crippen molar-refractivity contribution in [1.29, 1.82) is 0 Å². The summed E-state index contributed by atoms with van der Waals surface area (Å²) in [6, 6.07) is 7.30. The van der Waals surface area contributed by atoms with Gasteiger partial charge in [0.15, 0.2) is 5.82 Å². The van der Waals surface area contributed by atoms with E-state index in [0.29, 0.717) is 23.1 Å². The molecule has 0 unspecified atom stereocenters. The zero-order valence-electron chi connectivity index (χ0n) is 14.4. The Morgan fingerprint density at radius 3 is 2.60 bits per heavy atom. The molecule has 1 aromatic heterocycles. The first-order valence-electron chi connectivity index (χ1n) is 8.16. The van der Waals surface area contributed by atoms with Crippen molar-refractivity contribution >= 4 is 11.9 Å². The van der Waals surface area contributed by atoms with Crippen LogP contribution in [-0.4, -0.2) is 48.2 Å². The highest BCUT2D eigenvalue weighted by Crippen LogP contribution is 2.19. The van der Waals surface area contributed by atoms with E-state index in [2.05, 4.69) is 25.2 Å². The Morgan fingerprint density at radius 1 is 1.12 bits per heavy atom. The second-order valence-electron chi connectivity index (χ2n) is 5.62. The van der Waals surface area contributed by atoms with E-state index in [0.717, 1.165) is 25.9 Å². The average molecular weight is 343 g/mol. The van der Waals surface area contributed by atoms with Crippen molar-refractivity contribution in [3.63, 3.8) is 0 Å². The molecule has 1 aliphatic rings. The lowest BCUT2D eigenvalue weighted by molar-refractivity contribution is 0.0946. The maximum Gasteiger partial charge on any atom is 0.321 e. The molecular formula is C17H21N5O3. The Hall–Kier alpha value is -2.90. The van der Waals surface area contributed by atoms with Crippen LogP contribution in [0.2, 0.25) is 0 Å². The Labute approximate surface area is 146 Å². The maximum atomic E-state index is 12.4. The van der Waals surface area contributed by atoms with Gasteiger partial charge in [-0.3, -0.25) is 4.79 Å². The number of carbonyl (C=O) groups is 1. The quantitative estimate of drug-likeness (QED) is 0.848. The summed E-state index contributed by atoms with van der Waals surface area (Å²) in [4.78, 5) is 27.4. The summed E-state index contributed by atoms with van der Waals surface area (Å²) in [6.07, 6.45) is 2.24. The fourth-order valence-corrected chi connectivity index (χ4v) is 2.70. The summed E-state index contributed by atoms with van der Waals surface area (Å²) >= 11 is 0. The van der Waals surface area contributed by atoms with Crippen LogP contribution in [0.5, 0.6) is 11.8 Å². The normalized spacial score (nSPS) is 13.6. The van der Waals surface area contributed by atoms with Crippen molar-refractivity contribution in [2.75, 3.05) is 32.2 Å². The second-order valence-corrected chi connectivity index (χ2v) is 5.62. The van der Waals surface area contributed by atoms with Crippen LogP contribution in [0.15, 0.2) is 24.3 Å². The number of nitrogens with zero attached hydrogens (tertiary/aromatic N) is 4.